The number of fused-ring (bicyclic) bond motifs is 1. The first-order valence-electron chi connectivity index (χ1n) is 8.06. The maximum atomic E-state index is 12.4. The van der Waals surface area contributed by atoms with Gasteiger partial charge < -0.3 is 15.4 Å². The van der Waals surface area contributed by atoms with Crippen LogP contribution in [0.2, 0.25) is 0 Å². The Kier molecular flexibility index (Phi) is 4.32. The minimum absolute atomic E-state index is 0.0804. The fourth-order valence-electron chi connectivity index (χ4n) is 3.58. The van der Waals surface area contributed by atoms with Crippen molar-refractivity contribution in [2.24, 2.45) is 5.92 Å². The third kappa shape index (κ3) is 2.81. The molecule has 118 valence electrons. The minimum Gasteiger partial charge on any atom is -0.396 e. The van der Waals surface area contributed by atoms with Gasteiger partial charge in [0, 0.05) is 36.3 Å². The standard InChI is InChI=1S/C18H24N2O2/c1-11-6-7-12(2)18-17(11)16(22)8-14(20-18)9-19-15-5-3-4-13(15)10-21/h6-8,13,15,19,21H,3-5,9-10H2,1-2H3,(H,20,22)/t13-,15-/m0/s1. The van der Waals surface area contributed by atoms with Crippen molar-refractivity contribution in [3.63, 3.8) is 0 Å². The molecular weight excluding hydrogens is 276 g/mol. The van der Waals surface area contributed by atoms with Gasteiger partial charge in [-0.1, -0.05) is 18.6 Å². The van der Waals surface area contributed by atoms with Crippen molar-refractivity contribution in [1.29, 1.82) is 0 Å². The summed E-state index contributed by atoms with van der Waals surface area (Å²) in [6, 6.07) is 6.09. The Hall–Kier alpha value is -1.65. The molecule has 4 nitrogen and oxygen atoms in total. The van der Waals surface area contributed by atoms with E-state index in [1.807, 2.05) is 26.0 Å². The van der Waals surface area contributed by atoms with Crippen LogP contribution in [0.4, 0.5) is 0 Å². The van der Waals surface area contributed by atoms with Crippen LogP contribution in [0, 0.1) is 19.8 Å². The summed E-state index contributed by atoms with van der Waals surface area (Å²) in [7, 11) is 0. The van der Waals surface area contributed by atoms with Gasteiger partial charge >= 0.3 is 0 Å². The maximum absolute atomic E-state index is 12.4. The zero-order valence-corrected chi connectivity index (χ0v) is 13.3. The molecule has 0 saturated heterocycles. The SMILES string of the molecule is Cc1ccc(C)c2c(=O)cc(CN[C@H]3CCC[C@H]3CO)[nH]c12. The first kappa shape index (κ1) is 15.3. The lowest BCUT2D eigenvalue weighted by Gasteiger charge is -2.19. The molecular formula is C18H24N2O2. The van der Waals surface area contributed by atoms with Crippen LogP contribution in [0.5, 0.6) is 0 Å². The number of aromatic amines is 1. The summed E-state index contributed by atoms with van der Waals surface area (Å²) in [6.45, 7) is 4.87. The molecule has 3 rings (SSSR count). The lowest BCUT2D eigenvalue weighted by molar-refractivity contribution is 0.205. The smallest absolute Gasteiger partial charge is 0.189 e. The van der Waals surface area contributed by atoms with Crippen molar-refractivity contribution in [2.75, 3.05) is 6.61 Å². The molecule has 1 fully saturated rings. The molecule has 22 heavy (non-hydrogen) atoms. The van der Waals surface area contributed by atoms with E-state index in [2.05, 4.69) is 10.3 Å². The number of aryl methyl sites for hydroxylation is 2. The molecule has 1 aliphatic carbocycles. The highest BCUT2D eigenvalue weighted by Gasteiger charge is 2.25. The number of H-pyrrole nitrogens is 1. The number of aromatic nitrogens is 1. The molecule has 0 amide bonds. The van der Waals surface area contributed by atoms with Crippen LogP contribution < -0.4 is 10.7 Å². The minimum atomic E-state index is 0.0804. The summed E-state index contributed by atoms with van der Waals surface area (Å²) < 4.78 is 0. The van der Waals surface area contributed by atoms with E-state index in [1.54, 1.807) is 6.07 Å². The summed E-state index contributed by atoms with van der Waals surface area (Å²) in [5.41, 5.74) is 4.03. The predicted molar refractivity (Wildman–Crippen MR) is 89.1 cm³/mol. The first-order valence-corrected chi connectivity index (χ1v) is 8.06. The Bertz CT molecular complexity index is 736. The van der Waals surface area contributed by atoms with Crippen LogP contribution >= 0.6 is 0 Å². The average molecular weight is 300 g/mol. The molecule has 1 heterocycles. The van der Waals surface area contributed by atoms with Gasteiger partial charge in [-0.3, -0.25) is 4.79 Å². The number of pyridine rings is 1. The van der Waals surface area contributed by atoms with E-state index in [9.17, 15) is 9.90 Å². The lowest BCUT2D eigenvalue weighted by atomic mass is 10.0. The Balaban J connectivity index is 1.86. The van der Waals surface area contributed by atoms with Gasteiger partial charge in [0.2, 0.25) is 0 Å². The van der Waals surface area contributed by atoms with Gasteiger partial charge in [0.1, 0.15) is 0 Å². The van der Waals surface area contributed by atoms with Gasteiger partial charge in [-0.15, -0.1) is 0 Å². The zero-order chi connectivity index (χ0) is 15.7. The number of aliphatic hydroxyl groups is 1. The van der Waals surface area contributed by atoms with E-state index >= 15 is 0 Å². The molecule has 0 spiro atoms. The van der Waals surface area contributed by atoms with Crippen molar-refractivity contribution < 1.29 is 5.11 Å². The first-order chi connectivity index (χ1) is 10.6. The highest BCUT2D eigenvalue weighted by molar-refractivity contribution is 5.84. The van der Waals surface area contributed by atoms with Crippen LogP contribution in [0.3, 0.4) is 0 Å². The van der Waals surface area contributed by atoms with Crippen LogP contribution in [-0.2, 0) is 6.54 Å². The highest BCUT2D eigenvalue weighted by Crippen LogP contribution is 2.25. The summed E-state index contributed by atoms with van der Waals surface area (Å²) in [5.74, 6) is 0.344. The summed E-state index contributed by atoms with van der Waals surface area (Å²) in [6.07, 6.45) is 3.34. The molecule has 1 saturated carbocycles. The van der Waals surface area contributed by atoms with Gasteiger partial charge in [0.15, 0.2) is 5.43 Å². The number of nitrogens with one attached hydrogen (secondary N) is 2. The number of hydrogen-bond acceptors (Lipinski definition) is 3. The molecule has 0 bridgehead atoms. The van der Waals surface area contributed by atoms with Crippen LogP contribution in [0.1, 0.15) is 36.1 Å². The van der Waals surface area contributed by atoms with E-state index < -0.39 is 0 Å². The highest BCUT2D eigenvalue weighted by atomic mass is 16.3. The van der Waals surface area contributed by atoms with Gasteiger partial charge in [-0.25, -0.2) is 0 Å². The number of rotatable bonds is 4. The van der Waals surface area contributed by atoms with Crippen LogP contribution in [0.25, 0.3) is 10.9 Å². The molecule has 1 aromatic carbocycles. The Morgan fingerprint density at radius 2 is 2.05 bits per heavy atom. The van der Waals surface area contributed by atoms with Crippen molar-refractivity contribution in [3.8, 4) is 0 Å². The third-order valence-corrected chi connectivity index (χ3v) is 4.91. The van der Waals surface area contributed by atoms with Crippen molar-refractivity contribution in [3.05, 3.63) is 45.2 Å². The van der Waals surface area contributed by atoms with Gasteiger partial charge in [-0.05, 0) is 43.7 Å². The van der Waals surface area contributed by atoms with E-state index in [4.69, 9.17) is 0 Å². The van der Waals surface area contributed by atoms with Crippen molar-refractivity contribution in [1.82, 2.24) is 10.3 Å². The van der Waals surface area contributed by atoms with Crippen molar-refractivity contribution >= 4 is 10.9 Å². The molecule has 3 N–H and O–H groups in total. The Labute approximate surface area is 130 Å². The molecule has 0 unspecified atom stereocenters. The normalized spacial score (nSPS) is 21.6. The topological polar surface area (TPSA) is 65.1 Å². The predicted octanol–water partition coefficient (Wildman–Crippen LogP) is 2.40. The Morgan fingerprint density at radius 1 is 1.27 bits per heavy atom. The van der Waals surface area contributed by atoms with Crippen LogP contribution in [0.15, 0.2) is 23.0 Å². The molecule has 0 aliphatic heterocycles. The van der Waals surface area contributed by atoms with E-state index in [0.29, 0.717) is 18.5 Å². The lowest BCUT2D eigenvalue weighted by Crippen LogP contribution is -2.34. The second kappa shape index (κ2) is 6.23. The monoisotopic (exact) mass is 300 g/mol. The average Bonchev–Trinajstić information content (AvgIpc) is 2.96. The zero-order valence-electron chi connectivity index (χ0n) is 13.3. The van der Waals surface area contributed by atoms with Gasteiger partial charge in [0.25, 0.3) is 0 Å². The fraction of sp³-hybridized carbons (Fsp3) is 0.500. The summed E-state index contributed by atoms with van der Waals surface area (Å²) in [5, 5.41) is 13.7. The van der Waals surface area contributed by atoms with Gasteiger partial charge in [0.05, 0.1) is 5.52 Å². The fourth-order valence-corrected chi connectivity index (χ4v) is 3.58. The number of aliphatic hydroxyl groups excluding tert-OH is 1. The Morgan fingerprint density at radius 3 is 2.82 bits per heavy atom. The largest absolute Gasteiger partial charge is 0.396 e. The molecule has 1 aromatic heterocycles. The quantitative estimate of drug-likeness (QED) is 0.812. The van der Waals surface area contributed by atoms with E-state index in [0.717, 1.165) is 47.0 Å². The number of hydrogen-bond donors (Lipinski definition) is 3. The molecule has 4 heteroatoms. The maximum Gasteiger partial charge on any atom is 0.189 e. The van der Waals surface area contributed by atoms with E-state index in [1.165, 1.54) is 0 Å². The van der Waals surface area contributed by atoms with Crippen molar-refractivity contribution in [2.45, 2.75) is 45.7 Å². The molecule has 1 aliphatic rings. The van der Waals surface area contributed by atoms with Gasteiger partial charge in [-0.2, -0.15) is 0 Å². The van der Waals surface area contributed by atoms with Crippen LogP contribution in [-0.4, -0.2) is 22.7 Å². The molecule has 0 radical (unpaired) electrons. The summed E-state index contributed by atoms with van der Waals surface area (Å²) in [4.78, 5) is 15.8. The second-order valence-corrected chi connectivity index (χ2v) is 6.47. The molecule has 2 atom stereocenters. The third-order valence-electron chi connectivity index (χ3n) is 4.91. The number of benzene rings is 1. The molecule has 2 aromatic rings. The second-order valence-electron chi connectivity index (χ2n) is 6.47. The van der Waals surface area contributed by atoms with E-state index in [-0.39, 0.29) is 12.0 Å². The summed E-state index contributed by atoms with van der Waals surface area (Å²) >= 11 is 0.